The molecule has 0 unspecified atom stereocenters. The SMILES string of the molecule is C[Si]C.Cl.Cl.[C-]1=CC=CC1.[CH3-].[CH3-].[CH3-].[CH3-].[Zr].[c-]1cc2ccccc2[nH]1. The van der Waals surface area contributed by atoms with Crippen molar-refractivity contribution >= 4 is 45.2 Å². The van der Waals surface area contributed by atoms with E-state index in [-0.39, 0.29) is 80.7 Å². The number of aromatic nitrogens is 1. The Morgan fingerprint density at radius 1 is 1.00 bits per heavy atom. The van der Waals surface area contributed by atoms with Gasteiger partial charge in [-0.25, -0.2) is 12.2 Å². The van der Waals surface area contributed by atoms with E-state index >= 15 is 0 Å². The van der Waals surface area contributed by atoms with Gasteiger partial charge in [0.25, 0.3) is 0 Å². The third kappa shape index (κ3) is 20.0. The van der Waals surface area contributed by atoms with E-state index in [9.17, 15) is 0 Å². The molecule has 1 N–H and O–H groups in total. The van der Waals surface area contributed by atoms with Crippen molar-refractivity contribution in [2.75, 3.05) is 0 Å². The number of fused-ring (bicyclic) bond motifs is 1. The molecule has 0 atom stereocenters. The molecule has 1 nitrogen and oxygen atoms in total. The van der Waals surface area contributed by atoms with Gasteiger partial charge in [-0.15, -0.1) is 55.1 Å². The van der Waals surface area contributed by atoms with Crippen molar-refractivity contribution in [2.45, 2.75) is 19.5 Å². The molecule has 24 heavy (non-hydrogen) atoms. The summed E-state index contributed by atoms with van der Waals surface area (Å²) in [5.74, 6) is 0. The van der Waals surface area contributed by atoms with Crippen LogP contribution in [0, 0.1) is 42.0 Å². The molecule has 1 aliphatic carbocycles. The van der Waals surface area contributed by atoms with Gasteiger partial charge < -0.3 is 34.7 Å². The maximum atomic E-state index is 2.99. The zero-order valence-electron chi connectivity index (χ0n) is 15.6. The van der Waals surface area contributed by atoms with Crippen molar-refractivity contribution < 1.29 is 26.2 Å². The van der Waals surface area contributed by atoms with E-state index in [0.29, 0.717) is 0 Å². The predicted octanol–water partition coefficient (Wildman–Crippen LogP) is 6.70. The van der Waals surface area contributed by atoms with Gasteiger partial charge in [0.2, 0.25) is 0 Å². The summed E-state index contributed by atoms with van der Waals surface area (Å²) < 4.78 is 0. The van der Waals surface area contributed by atoms with Gasteiger partial charge in [0.15, 0.2) is 0 Å². The molecule has 0 fully saturated rings. The summed E-state index contributed by atoms with van der Waals surface area (Å²) in [7, 11) is 1.08. The Hall–Kier alpha value is -0.0800. The molecule has 1 aromatic heterocycles. The molecule has 2 radical (unpaired) electrons. The van der Waals surface area contributed by atoms with Crippen LogP contribution >= 0.6 is 24.8 Å². The van der Waals surface area contributed by atoms with E-state index in [1.165, 1.54) is 5.39 Å². The Kier molecular flexibility index (Phi) is 56.3. The Labute approximate surface area is 185 Å². The van der Waals surface area contributed by atoms with Crippen LogP contribution in [0.1, 0.15) is 6.42 Å². The quantitative estimate of drug-likeness (QED) is 0.330. The number of benzene rings is 1. The van der Waals surface area contributed by atoms with Crippen LogP contribution in [0.25, 0.3) is 10.9 Å². The molecular weight excluding hydrogens is 432 g/mol. The maximum absolute atomic E-state index is 2.99. The van der Waals surface area contributed by atoms with E-state index in [1.807, 2.05) is 36.4 Å². The molecule has 1 heterocycles. The first-order valence-electron chi connectivity index (χ1n) is 5.62. The fourth-order valence-electron chi connectivity index (χ4n) is 1.27. The molecule has 0 aliphatic heterocycles. The molecule has 5 heteroatoms. The first-order chi connectivity index (χ1) is 8.38. The Morgan fingerprint density at radius 2 is 1.54 bits per heavy atom. The molecule has 140 valence electrons. The normalized spacial score (nSPS) is 8.25. The zero-order chi connectivity index (χ0) is 12.3. The monoisotopic (exact) mass is 461 g/mol. The third-order valence-corrected chi connectivity index (χ3v) is 1.98. The van der Waals surface area contributed by atoms with E-state index in [1.54, 1.807) is 0 Å². The predicted molar refractivity (Wildman–Crippen MR) is 116 cm³/mol. The first-order valence-corrected chi connectivity index (χ1v) is 7.62. The van der Waals surface area contributed by atoms with Crippen LogP contribution in [0.4, 0.5) is 0 Å². The van der Waals surface area contributed by atoms with Crippen LogP contribution in [-0.2, 0) is 26.2 Å². The van der Waals surface area contributed by atoms with Crippen molar-refractivity contribution in [1.29, 1.82) is 0 Å². The Bertz CT molecular complexity index is 445. The standard InChI is InChI=1S/C8H6N.C5H5.C2H6Si.4CH3.2ClH.Zr/c1-2-4-8-7(3-1)5-6-9-8;1-2-4-5-3-1;1-3-2;;;;;;;/h1-5,9H;1-3H,4H2;1-2H3;4*1H3;2*1H;/q2*-1;;4*-1;;;. The summed E-state index contributed by atoms with van der Waals surface area (Å²) in [5.41, 5.74) is 1.15. The summed E-state index contributed by atoms with van der Waals surface area (Å²) in [6, 6.07) is 10.1. The minimum absolute atomic E-state index is 0. The van der Waals surface area contributed by atoms with Crippen molar-refractivity contribution in [3.05, 3.63) is 90.5 Å². The maximum Gasteiger partial charge on any atom is 0.0307 e. The smallest absolute Gasteiger partial charge is 0.0307 e. The number of H-pyrrole nitrogens is 1. The van der Waals surface area contributed by atoms with Crippen molar-refractivity contribution in [3.8, 4) is 0 Å². The summed E-state index contributed by atoms with van der Waals surface area (Å²) in [4.78, 5) is 2.99. The van der Waals surface area contributed by atoms with Crippen LogP contribution < -0.4 is 0 Å². The van der Waals surface area contributed by atoms with E-state index in [2.05, 4.69) is 42.5 Å². The first kappa shape index (κ1) is 43.9. The van der Waals surface area contributed by atoms with Gasteiger partial charge >= 0.3 is 0 Å². The molecule has 0 bridgehead atoms. The molecule has 2 aromatic rings. The van der Waals surface area contributed by atoms with E-state index in [4.69, 9.17) is 0 Å². The van der Waals surface area contributed by atoms with Gasteiger partial charge in [0.1, 0.15) is 0 Å². The number of aromatic amines is 1. The average molecular weight is 464 g/mol. The molecule has 0 spiro atoms. The van der Waals surface area contributed by atoms with Gasteiger partial charge in [-0.3, -0.25) is 6.08 Å². The van der Waals surface area contributed by atoms with Gasteiger partial charge in [-0.1, -0.05) is 25.2 Å². The van der Waals surface area contributed by atoms with Gasteiger partial charge in [0.05, 0.1) is 0 Å². The number of rotatable bonds is 0. The van der Waals surface area contributed by atoms with Gasteiger partial charge in [0, 0.05) is 35.7 Å². The molecule has 0 saturated carbocycles. The summed E-state index contributed by atoms with van der Waals surface area (Å²) in [6.45, 7) is 4.31. The number of allylic oxidation sites excluding steroid dienone is 4. The van der Waals surface area contributed by atoms with Crippen molar-refractivity contribution in [2.24, 2.45) is 0 Å². The zero-order valence-corrected chi connectivity index (χ0v) is 20.7. The number of para-hydroxylation sites is 1. The molecule has 1 aliphatic rings. The second-order valence-corrected chi connectivity index (χ2v) is 4.50. The molecular formula is C19H31Cl2NSiZr-6. The summed E-state index contributed by atoms with van der Waals surface area (Å²) in [6.07, 6.45) is 12.9. The minimum Gasteiger partial charge on any atom is -0.477 e. The Morgan fingerprint density at radius 3 is 1.92 bits per heavy atom. The molecule has 1 aromatic carbocycles. The van der Waals surface area contributed by atoms with Crippen LogP contribution in [0.3, 0.4) is 0 Å². The fraction of sp³-hybridized carbons (Fsp3) is 0.158. The van der Waals surface area contributed by atoms with Crippen molar-refractivity contribution in [1.82, 2.24) is 4.98 Å². The number of hydrogen-bond acceptors (Lipinski definition) is 0. The van der Waals surface area contributed by atoms with Gasteiger partial charge in [-0.2, -0.15) is 17.5 Å². The van der Waals surface area contributed by atoms with E-state index in [0.717, 1.165) is 21.5 Å². The second-order valence-electron chi connectivity index (χ2n) is 3.50. The average Bonchev–Trinajstić information content (AvgIpc) is 3.05. The second kappa shape index (κ2) is 30.8. The van der Waals surface area contributed by atoms with E-state index < -0.39 is 0 Å². The minimum atomic E-state index is 0. The molecule has 0 saturated heterocycles. The number of hydrogen-bond donors (Lipinski definition) is 1. The molecule has 0 amide bonds. The summed E-state index contributed by atoms with van der Waals surface area (Å²) >= 11 is 0. The van der Waals surface area contributed by atoms with Crippen LogP contribution in [-0.4, -0.2) is 14.5 Å². The number of nitrogens with one attached hydrogen (secondary N) is 1. The topological polar surface area (TPSA) is 15.8 Å². The van der Waals surface area contributed by atoms with Gasteiger partial charge in [-0.05, 0) is 0 Å². The van der Waals surface area contributed by atoms with Crippen LogP contribution in [0.5, 0.6) is 0 Å². The third-order valence-electron chi connectivity index (χ3n) is 1.98. The van der Waals surface area contributed by atoms with Crippen LogP contribution in [0.2, 0.25) is 13.1 Å². The molecule has 3 rings (SSSR count). The fourth-order valence-corrected chi connectivity index (χ4v) is 1.27. The largest absolute Gasteiger partial charge is 0.477 e. The summed E-state index contributed by atoms with van der Waals surface area (Å²) in [5, 5.41) is 1.22. The van der Waals surface area contributed by atoms with Crippen molar-refractivity contribution in [3.63, 3.8) is 0 Å². The Balaban J connectivity index is -0.0000000349. The number of halogens is 2. The van der Waals surface area contributed by atoms with Crippen LogP contribution in [0.15, 0.2) is 48.6 Å².